The van der Waals surface area contributed by atoms with Gasteiger partial charge in [0.15, 0.2) is 11.5 Å². The van der Waals surface area contributed by atoms with Crippen molar-refractivity contribution in [1.29, 1.82) is 0 Å². The number of amides is 1. The van der Waals surface area contributed by atoms with Gasteiger partial charge in [0.25, 0.3) is 0 Å². The van der Waals surface area contributed by atoms with E-state index in [1.807, 2.05) is 18.2 Å². The van der Waals surface area contributed by atoms with Crippen LogP contribution < -0.4 is 9.47 Å². The number of fused-ring (bicyclic) bond motifs is 1. The van der Waals surface area contributed by atoms with E-state index >= 15 is 0 Å². The summed E-state index contributed by atoms with van der Waals surface area (Å²) < 4.78 is 12.2. The average molecular weight is 273 g/mol. The highest BCUT2D eigenvalue weighted by Gasteiger charge is 2.15. The summed E-state index contributed by atoms with van der Waals surface area (Å²) in [5.74, 6) is 1.49. The number of hydrogen-bond donors (Lipinski definition) is 0. The lowest BCUT2D eigenvalue weighted by Gasteiger charge is -2.17. The topological polar surface area (TPSA) is 56.6 Å². The van der Waals surface area contributed by atoms with Crippen LogP contribution in [0.25, 0.3) is 0 Å². The SMILES string of the molecule is CN(Cc1ccc2c(c1)OCO2)C(=O)Cn1cccn1. The smallest absolute Gasteiger partial charge is 0.244 e. The van der Waals surface area contributed by atoms with Gasteiger partial charge in [0.1, 0.15) is 6.54 Å². The van der Waals surface area contributed by atoms with E-state index in [-0.39, 0.29) is 19.2 Å². The fourth-order valence-electron chi connectivity index (χ4n) is 2.05. The Balaban J connectivity index is 1.63. The summed E-state index contributed by atoms with van der Waals surface area (Å²) in [6, 6.07) is 7.50. The first-order valence-corrected chi connectivity index (χ1v) is 6.32. The van der Waals surface area contributed by atoms with Crippen LogP contribution in [0.1, 0.15) is 5.56 Å². The fourth-order valence-corrected chi connectivity index (χ4v) is 2.05. The van der Waals surface area contributed by atoms with E-state index < -0.39 is 0 Å². The number of aromatic nitrogens is 2. The predicted octanol–water partition coefficient (Wildman–Crippen LogP) is 1.27. The summed E-state index contributed by atoms with van der Waals surface area (Å²) in [7, 11) is 1.77. The van der Waals surface area contributed by atoms with Crippen molar-refractivity contribution in [2.75, 3.05) is 13.8 Å². The van der Waals surface area contributed by atoms with Crippen LogP contribution in [-0.2, 0) is 17.9 Å². The van der Waals surface area contributed by atoms with Crippen molar-refractivity contribution in [3.8, 4) is 11.5 Å². The van der Waals surface area contributed by atoms with Crippen molar-refractivity contribution in [3.63, 3.8) is 0 Å². The molecule has 3 rings (SSSR count). The van der Waals surface area contributed by atoms with Gasteiger partial charge in [-0.15, -0.1) is 0 Å². The van der Waals surface area contributed by atoms with Gasteiger partial charge in [-0.25, -0.2) is 0 Å². The van der Waals surface area contributed by atoms with Crippen molar-refractivity contribution in [1.82, 2.24) is 14.7 Å². The standard InChI is InChI=1S/C14H15N3O3/c1-16(14(18)9-17-6-2-5-15-17)8-11-3-4-12-13(7-11)20-10-19-12/h2-7H,8-10H2,1H3. The summed E-state index contributed by atoms with van der Waals surface area (Å²) in [6.45, 7) is 1.03. The number of carbonyl (C=O) groups excluding carboxylic acids is 1. The Morgan fingerprint density at radius 3 is 3.05 bits per heavy atom. The molecule has 0 atom stereocenters. The number of carbonyl (C=O) groups is 1. The molecule has 1 aromatic heterocycles. The number of rotatable bonds is 4. The van der Waals surface area contributed by atoms with E-state index in [0.29, 0.717) is 6.54 Å². The second-order valence-corrected chi connectivity index (χ2v) is 4.64. The molecular formula is C14H15N3O3. The molecular weight excluding hydrogens is 258 g/mol. The third kappa shape index (κ3) is 2.59. The molecule has 0 spiro atoms. The van der Waals surface area contributed by atoms with Crippen molar-refractivity contribution in [2.45, 2.75) is 13.1 Å². The number of likely N-dealkylation sites (N-methyl/N-ethyl adjacent to an activating group) is 1. The van der Waals surface area contributed by atoms with E-state index in [9.17, 15) is 4.79 Å². The molecule has 0 saturated carbocycles. The second-order valence-electron chi connectivity index (χ2n) is 4.64. The number of nitrogens with zero attached hydrogens (tertiary/aromatic N) is 3. The van der Waals surface area contributed by atoms with Gasteiger partial charge in [0.2, 0.25) is 12.7 Å². The Hall–Kier alpha value is -2.50. The van der Waals surface area contributed by atoms with Crippen LogP contribution in [0, 0.1) is 0 Å². The van der Waals surface area contributed by atoms with Crippen LogP contribution in [0.15, 0.2) is 36.7 Å². The number of ether oxygens (including phenoxy) is 2. The van der Waals surface area contributed by atoms with E-state index in [1.165, 1.54) is 0 Å². The summed E-state index contributed by atoms with van der Waals surface area (Å²) in [4.78, 5) is 13.7. The largest absolute Gasteiger partial charge is 0.454 e. The van der Waals surface area contributed by atoms with Crippen LogP contribution in [0.4, 0.5) is 0 Å². The van der Waals surface area contributed by atoms with Crippen LogP contribution in [0.5, 0.6) is 11.5 Å². The van der Waals surface area contributed by atoms with Crippen LogP contribution in [-0.4, -0.2) is 34.4 Å². The first kappa shape index (κ1) is 12.5. The Bertz CT molecular complexity index is 610. The Labute approximate surface area is 116 Å². The van der Waals surface area contributed by atoms with Gasteiger partial charge in [-0.3, -0.25) is 9.48 Å². The molecule has 2 heterocycles. The molecule has 1 aliphatic heterocycles. The molecule has 20 heavy (non-hydrogen) atoms. The fraction of sp³-hybridized carbons (Fsp3) is 0.286. The molecule has 1 aromatic carbocycles. The molecule has 0 bridgehead atoms. The monoisotopic (exact) mass is 273 g/mol. The lowest BCUT2D eigenvalue weighted by molar-refractivity contribution is -0.131. The maximum atomic E-state index is 12.1. The zero-order valence-electron chi connectivity index (χ0n) is 11.2. The highest BCUT2D eigenvalue weighted by atomic mass is 16.7. The Kier molecular flexibility index (Phi) is 3.28. The van der Waals surface area contributed by atoms with E-state index in [2.05, 4.69) is 5.10 Å². The Morgan fingerprint density at radius 2 is 2.25 bits per heavy atom. The minimum Gasteiger partial charge on any atom is -0.454 e. The molecule has 2 aromatic rings. The summed E-state index contributed by atoms with van der Waals surface area (Å²) in [5, 5.41) is 4.03. The molecule has 1 amide bonds. The summed E-state index contributed by atoms with van der Waals surface area (Å²) in [5.41, 5.74) is 1.01. The van der Waals surface area contributed by atoms with Crippen molar-refractivity contribution >= 4 is 5.91 Å². The highest BCUT2D eigenvalue weighted by Crippen LogP contribution is 2.32. The minimum absolute atomic E-state index is 0.00590. The first-order valence-electron chi connectivity index (χ1n) is 6.32. The van der Waals surface area contributed by atoms with Gasteiger partial charge in [-0.05, 0) is 23.8 Å². The van der Waals surface area contributed by atoms with Gasteiger partial charge in [-0.2, -0.15) is 5.10 Å². The van der Waals surface area contributed by atoms with Crippen molar-refractivity contribution in [2.24, 2.45) is 0 Å². The van der Waals surface area contributed by atoms with E-state index in [1.54, 1.807) is 35.1 Å². The van der Waals surface area contributed by atoms with E-state index in [4.69, 9.17) is 9.47 Å². The normalized spacial score (nSPS) is 12.4. The number of hydrogen-bond acceptors (Lipinski definition) is 4. The molecule has 0 unspecified atom stereocenters. The molecule has 0 aliphatic carbocycles. The second kappa shape index (κ2) is 5.24. The molecule has 6 heteroatoms. The molecule has 1 aliphatic rings. The Morgan fingerprint density at radius 1 is 1.40 bits per heavy atom. The molecule has 0 radical (unpaired) electrons. The van der Waals surface area contributed by atoms with Crippen molar-refractivity contribution in [3.05, 3.63) is 42.2 Å². The maximum Gasteiger partial charge on any atom is 0.244 e. The summed E-state index contributed by atoms with van der Waals surface area (Å²) in [6.07, 6.45) is 3.43. The lowest BCUT2D eigenvalue weighted by Crippen LogP contribution is -2.29. The molecule has 0 saturated heterocycles. The van der Waals surface area contributed by atoms with Gasteiger partial charge in [0.05, 0.1) is 0 Å². The highest BCUT2D eigenvalue weighted by molar-refractivity contribution is 5.75. The molecule has 6 nitrogen and oxygen atoms in total. The first-order chi connectivity index (χ1) is 9.72. The van der Waals surface area contributed by atoms with Crippen LogP contribution in [0.3, 0.4) is 0 Å². The zero-order chi connectivity index (χ0) is 13.9. The minimum atomic E-state index is 0.00590. The van der Waals surface area contributed by atoms with Gasteiger partial charge in [-0.1, -0.05) is 6.07 Å². The summed E-state index contributed by atoms with van der Waals surface area (Å²) >= 11 is 0. The zero-order valence-corrected chi connectivity index (χ0v) is 11.2. The van der Waals surface area contributed by atoms with Crippen LogP contribution in [0.2, 0.25) is 0 Å². The quantitative estimate of drug-likeness (QED) is 0.842. The predicted molar refractivity (Wildman–Crippen MR) is 71.3 cm³/mol. The van der Waals surface area contributed by atoms with Gasteiger partial charge in [0, 0.05) is 26.0 Å². The van der Waals surface area contributed by atoms with Gasteiger partial charge >= 0.3 is 0 Å². The van der Waals surface area contributed by atoms with E-state index in [0.717, 1.165) is 17.1 Å². The molecule has 0 fully saturated rings. The third-order valence-corrected chi connectivity index (χ3v) is 3.14. The van der Waals surface area contributed by atoms with Crippen molar-refractivity contribution < 1.29 is 14.3 Å². The van der Waals surface area contributed by atoms with Crippen LogP contribution >= 0.6 is 0 Å². The average Bonchev–Trinajstić information content (AvgIpc) is 3.08. The lowest BCUT2D eigenvalue weighted by atomic mass is 10.2. The third-order valence-electron chi connectivity index (χ3n) is 3.14. The van der Waals surface area contributed by atoms with Gasteiger partial charge < -0.3 is 14.4 Å². The number of benzene rings is 1. The molecule has 104 valence electrons. The maximum absolute atomic E-state index is 12.1. The molecule has 0 N–H and O–H groups in total.